The average Bonchev–Trinajstić information content (AvgIpc) is 3.32. The number of hydrogen-bond donors (Lipinski definition) is 1. The fraction of sp³-hybridized carbons (Fsp3) is 0.318. The molecule has 0 atom stereocenters. The van der Waals surface area contributed by atoms with Crippen molar-refractivity contribution < 1.29 is 27.1 Å². The molecular formula is C22H26N4O6S2. The molecule has 182 valence electrons. The first-order valence-electron chi connectivity index (χ1n) is 10.3. The zero-order valence-corrected chi connectivity index (χ0v) is 20.7. The molecule has 1 aromatic heterocycles. The van der Waals surface area contributed by atoms with Crippen molar-refractivity contribution in [3.05, 3.63) is 54.1 Å². The lowest BCUT2D eigenvalue weighted by Crippen LogP contribution is -2.36. The molecule has 10 nitrogen and oxygen atoms in total. The van der Waals surface area contributed by atoms with Crippen molar-refractivity contribution in [1.29, 1.82) is 0 Å². The third kappa shape index (κ3) is 6.42. The number of rotatable bonds is 12. The Morgan fingerprint density at radius 2 is 1.74 bits per heavy atom. The van der Waals surface area contributed by atoms with Crippen LogP contribution in [0.2, 0.25) is 0 Å². The topological polar surface area (TPSA) is 124 Å². The van der Waals surface area contributed by atoms with E-state index < -0.39 is 15.9 Å². The Bertz CT molecular complexity index is 1190. The van der Waals surface area contributed by atoms with Gasteiger partial charge >= 0.3 is 6.01 Å². The second-order valence-electron chi connectivity index (χ2n) is 7.01. The predicted molar refractivity (Wildman–Crippen MR) is 128 cm³/mol. The molecule has 3 aromatic rings. The van der Waals surface area contributed by atoms with Gasteiger partial charge in [-0.05, 0) is 48.7 Å². The maximum Gasteiger partial charge on any atom is 0.322 e. The largest absolute Gasteiger partial charge is 0.403 e. The number of ether oxygens (including phenoxy) is 2. The summed E-state index contributed by atoms with van der Waals surface area (Å²) < 4.78 is 42.8. The highest BCUT2D eigenvalue weighted by Gasteiger charge is 2.24. The number of aromatic nitrogens is 2. The molecule has 0 aliphatic carbocycles. The van der Waals surface area contributed by atoms with Crippen LogP contribution < -0.4 is 5.32 Å². The number of methoxy groups -OCH3 is 2. The van der Waals surface area contributed by atoms with Crippen LogP contribution in [0.4, 0.5) is 6.01 Å². The van der Waals surface area contributed by atoms with Crippen molar-refractivity contribution in [2.24, 2.45) is 0 Å². The molecule has 0 spiro atoms. The van der Waals surface area contributed by atoms with Crippen LogP contribution in [0.5, 0.6) is 0 Å². The molecule has 0 radical (unpaired) electrons. The third-order valence-electron chi connectivity index (χ3n) is 4.81. The van der Waals surface area contributed by atoms with Crippen LogP contribution in [0.1, 0.15) is 10.4 Å². The molecule has 1 heterocycles. The van der Waals surface area contributed by atoms with Gasteiger partial charge in [0.1, 0.15) is 0 Å². The minimum atomic E-state index is -3.78. The number of nitrogens with one attached hydrogen (secondary N) is 1. The van der Waals surface area contributed by atoms with Gasteiger partial charge in [0.15, 0.2) is 0 Å². The number of anilines is 1. The van der Waals surface area contributed by atoms with Crippen molar-refractivity contribution in [2.75, 3.05) is 52.1 Å². The first kappa shape index (κ1) is 25.8. The normalized spacial score (nSPS) is 11.6. The molecule has 34 heavy (non-hydrogen) atoms. The van der Waals surface area contributed by atoms with Crippen molar-refractivity contribution in [3.8, 4) is 11.5 Å². The highest BCUT2D eigenvalue weighted by atomic mass is 32.2. The quantitative estimate of drug-likeness (QED) is 0.369. The van der Waals surface area contributed by atoms with E-state index >= 15 is 0 Å². The van der Waals surface area contributed by atoms with E-state index in [0.29, 0.717) is 0 Å². The number of carbonyl (C=O) groups is 1. The molecule has 0 unspecified atom stereocenters. The van der Waals surface area contributed by atoms with Gasteiger partial charge in [-0.15, -0.1) is 16.9 Å². The molecule has 1 N–H and O–H groups in total. The van der Waals surface area contributed by atoms with Crippen molar-refractivity contribution in [2.45, 2.75) is 9.79 Å². The Balaban J connectivity index is 1.70. The first-order chi connectivity index (χ1) is 16.4. The molecule has 12 heteroatoms. The summed E-state index contributed by atoms with van der Waals surface area (Å²) in [6, 6.07) is 13.1. The lowest BCUT2D eigenvalue weighted by molar-refractivity contribution is 0.102. The van der Waals surface area contributed by atoms with Crippen LogP contribution in [0.3, 0.4) is 0 Å². The molecule has 3 rings (SSSR count). The molecule has 2 aromatic carbocycles. The number of nitrogens with zero attached hydrogens (tertiary/aromatic N) is 3. The number of thioether (sulfide) groups is 1. The number of sulfonamides is 1. The summed E-state index contributed by atoms with van der Waals surface area (Å²) in [6.07, 6.45) is 1.96. The molecule has 0 saturated heterocycles. The van der Waals surface area contributed by atoms with Crippen molar-refractivity contribution in [3.63, 3.8) is 0 Å². The summed E-state index contributed by atoms with van der Waals surface area (Å²) >= 11 is 1.59. The van der Waals surface area contributed by atoms with Gasteiger partial charge in [-0.25, -0.2) is 8.42 Å². The number of benzene rings is 2. The Hall–Kier alpha value is -2.77. The van der Waals surface area contributed by atoms with E-state index in [0.717, 1.165) is 10.5 Å². The molecular weight excluding hydrogens is 480 g/mol. The molecule has 0 fully saturated rings. The van der Waals surface area contributed by atoms with Crippen LogP contribution in [-0.2, 0) is 19.5 Å². The van der Waals surface area contributed by atoms with E-state index in [-0.39, 0.29) is 48.7 Å². The summed E-state index contributed by atoms with van der Waals surface area (Å²) in [6.45, 7) is 0.863. The van der Waals surface area contributed by atoms with Gasteiger partial charge in [-0.1, -0.05) is 11.2 Å². The molecule has 0 aliphatic rings. The minimum Gasteiger partial charge on any atom is -0.403 e. The van der Waals surface area contributed by atoms with E-state index in [1.54, 1.807) is 11.8 Å². The zero-order chi connectivity index (χ0) is 24.6. The van der Waals surface area contributed by atoms with E-state index in [2.05, 4.69) is 15.5 Å². The SMILES string of the molecule is COCCN(CCOC)S(=O)(=O)c1ccc(C(=O)Nc2nnc(-c3cccc(SC)c3)o2)cc1. The maximum atomic E-state index is 13.0. The standard InChI is InChI=1S/C22H26N4O6S2/c1-30-13-11-26(12-14-31-2)34(28,29)19-9-7-16(8-10-19)20(27)23-22-25-24-21(32-22)17-5-4-6-18(15-17)33-3/h4-10,15H,11-14H2,1-3H3,(H,23,25,27). The van der Waals surface area contributed by atoms with E-state index in [9.17, 15) is 13.2 Å². The fourth-order valence-corrected chi connectivity index (χ4v) is 4.85. The average molecular weight is 507 g/mol. The van der Waals surface area contributed by atoms with Gasteiger partial charge in [0.25, 0.3) is 5.91 Å². The minimum absolute atomic E-state index is 0.0587. The summed E-state index contributed by atoms with van der Waals surface area (Å²) in [4.78, 5) is 13.7. The van der Waals surface area contributed by atoms with Gasteiger partial charge in [0.2, 0.25) is 15.9 Å². The summed E-state index contributed by atoms with van der Waals surface area (Å²) in [7, 11) is -0.777. The monoisotopic (exact) mass is 506 g/mol. The summed E-state index contributed by atoms with van der Waals surface area (Å²) in [5.74, 6) is -0.229. The van der Waals surface area contributed by atoms with Gasteiger partial charge in [-0.2, -0.15) is 4.31 Å². The molecule has 0 saturated carbocycles. The highest BCUT2D eigenvalue weighted by Crippen LogP contribution is 2.25. The van der Waals surface area contributed by atoms with Crippen LogP contribution in [0, 0.1) is 0 Å². The lowest BCUT2D eigenvalue weighted by atomic mass is 10.2. The second kappa shape index (κ2) is 12.1. The van der Waals surface area contributed by atoms with E-state index in [1.165, 1.54) is 42.8 Å². The summed E-state index contributed by atoms with van der Waals surface area (Å²) in [5.41, 5.74) is 0.976. The highest BCUT2D eigenvalue weighted by molar-refractivity contribution is 7.98. The fourth-order valence-electron chi connectivity index (χ4n) is 2.98. The Morgan fingerprint density at radius 3 is 2.35 bits per heavy atom. The van der Waals surface area contributed by atoms with Crippen LogP contribution in [-0.4, -0.2) is 75.6 Å². The first-order valence-corrected chi connectivity index (χ1v) is 12.9. The second-order valence-corrected chi connectivity index (χ2v) is 9.83. The van der Waals surface area contributed by atoms with Crippen LogP contribution in [0.15, 0.2) is 62.7 Å². The number of amides is 1. The molecule has 1 amide bonds. The zero-order valence-electron chi connectivity index (χ0n) is 19.1. The van der Waals surface area contributed by atoms with E-state index in [1.807, 2.05) is 30.5 Å². The Kier molecular flexibility index (Phi) is 9.19. The van der Waals surface area contributed by atoms with Gasteiger partial charge < -0.3 is 13.9 Å². The lowest BCUT2D eigenvalue weighted by Gasteiger charge is -2.21. The van der Waals surface area contributed by atoms with Gasteiger partial charge in [-0.3, -0.25) is 10.1 Å². The predicted octanol–water partition coefficient (Wildman–Crippen LogP) is 2.99. The molecule has 0 aliphatic heterocycles. The van der Waals surface area contributed by atoms with Gasteiger partial charge in [0, 0.05) is 43.3 Å². The van der Waals surface area contributed by atoms with Crippen LogP contribution in [0.25, 0.3) is 11.5 Å². The smallest absolute Gasteiger partial charge is 0.322 e. The van der Waals surface area contributed by atoms with Crippen molar-refractivity contribution in [1.82, 2.24) is 14.5 Å². The van der Waals surface area contributed by atoms with Crippen molar-refractivity contribution >= 4 is 33.7 Å². The number of carbonyl (C=O) groups excluding carboxylic acids is 1. The van der Waals surface area contributed by atoms with Gasteiger partial charge in [0.05, 0.1) is 18.1 Å². The van der Waals surface area contributed by atoms with Crippen LogP contribution >= 0.6 is 11.8 Å². The maximum absolute atomic E-state index is 13.0. The summed E-state index contributed by atoms with van der Waals surface area (Å²) in [5, 5.41) is 10.4. The van der Waals surface area contributed by atoms with E-state index in [4.69, 9.17) is 13.9 Å². The molecule has 0 bridgehead atoms. The number of hydrogen-bond acceptors (Lipinski definition) is 9. The Morgan fingerprint density at radius 1 is 1.06 bits per heavy atom. The third-order valence-corrected chi connectivity index (χ3v) is 7.44. The Labute approximate surface area is 202 Å².